The lowest BCUT2D eigenvalue weighted by molar-refractivity contribution is -0.165. The van der Waals surface area contributed by atoms with E-state index in [1.165, 1.54) is 37.7 Å². The van der Waals surface area contributed by atoms with Gasteiger partial charge in [-0.1, -0.05) is 49.6 Å². The molecule has 4 rings (SSSR count). The van der Waals surface area contributed by atoms with Crippen LogP contribution < -0.4 is 0 Å². The molecule has 0 N–H and O–H groups in total. The highest BCUT2D eigenvalue weighted by Crippen LogP contribution is 2.57. The number of nitrogens with zero attached hydrogens (tertiary/aromatic N) is 1. The minimum atomic E-state index is -2.93. The molecule has 0 radical (unpaired) electrons. The third-order valence-electron chi connectivity index (χ3n) is 6.53. The van der Waals surface area contributed by atoms with Gasteiger partial charge in [0.05, 0.1) is 17.5 Å². The van der Waals surface area contributed by atoms with E-state index in [2.05, 4.69) is 29.2 Å². The smallest absolute Gasteiger partial charge is 0.226 e. The van der Waals surface area contributed by atoms with Crippen molar-refractivity contribution in [3.05, 3.63) is 35.9 Å². The average molecular weight is 362 g/mol. The Balaban J connectivity index is 1.56. The Hall–Kier alpha value is -1.36. The summed E-state index contributed by atoms with van der Waals surface area (Å²) in [4.78, 5) is 15.2. The summed E-state index contributed by atoms with van der Waals surface area (Å²) in [7, 11) is -2.93. The Kier molecular flexibility index (Phi) is 4.38. The third kappa shape index (κ3) is 3.12. The minimum absolute atomic E-state index is 0.115. The maximum Gasteiger partial charge on any atom is 0.226 e. The first-order valence-corrected chi connectivity index (χ1v) is 11.4. The number of carbonyl (C=O) groups is 1. The van der Waals surface area contributed by atoms with Gasteiger partial charge in [0.25, 0.3) is 0 Å². The van der Waals surface area contributed by atoms with Gasteiger partial charge in [0.2, 0.25) is 5.91 Å². The number of likely N-dealkylation sites (tertiary alicyclic amines) is 1. The number of sulfone groups is 1. The quantitative estimate of drug-likeness (QED) is 0.812. The van der Waals surface area contributed by atoms with E-state index in [0.29, 0.717) is 12.8 Å². The molecule has 3 fully saturated rings. The summed E-state index contributed by atoms with van der Waals surface area (Å²) in [6, 6.07) is 10.6. The van der Waals surface area contributed by atoms with Crippen LogP contribution in [0.25, 0.3) is 0 Å². The number of benzene rings is 1. The molecule has 5 heteroatoms. The van der Waals surface area contributed by atoms with Crippen molar-refractivity contribution < 1.29 is 13.2 Å². The van der Waals surface area contributed by atoms with Crippen LogP contribution in [0.2, 0.25) is 0 Å². The molecule has 1 atom stereocenters. The SMILES string of the molecule is O=C(C1CCS(=O)(=O)CC1)N1CC2(CCCCC2)[C@H]1c1ccccc1. The van der Waals surface area contributed by atoms with Crippen LogP contribution in [0.5, 0.6) is 0 Å². The monoisotopic (exact) mass is 361 g/mol. The van der Waals surface area contributed by atoms with Crippen molar-refractivity contribution in [2.45, 2.75) is 51.0 Å². The van der Waals surface area contributed by atoms with Gasteiger partial charge in [0.15, 0.2) is 0 Å². The lowest BCUT2D eigenvalue weighted by atomic mass is 9.60. The number of carbonyl (C=O) groups excluding carboxylic acids is 1. The molecule has 1 aromatic carbocycles. The lowest BCUT2D eigenvalue weighted by Gasteiger charge is -2.60. The van der Waals surface area contributed by atoms with Gasteiger partial charge in [-0.15, -0.1) is 0 Å². The zero-order valence-electron chi connectivity index (χ0n) is 14.7. The van der Waals surface area contributed by atoms with E-state index in [-0.39, 0.29) is 34.8 Å². The fourth-order valence-electron chi connectivity index (χ4n) is 5.17. The molecule has 1 spiro atoms. The molecule has 25 heavy (non-hydrogen) atoms. The van der Waals surface area contributed by atoms with Crippen LogP contribution in [0.1, 0.15) is 56.6 Å². The van der Waals surface area contributed by atoms with E-state index in [9.17, 15) is 13.2 Å². The number of amides is 1. The number of hydrogen-bond acceptors (Lipinski definition) is 3. The molecule has 2 aliphatic heterocycles. The Morgan fingerprint density at radius 2 is 1.64 bits per heavy atom. The molecule has 4 nitrogen and oxygen atoms in total. The van der Waals surface area contributed by atoms with Crippen molar-refractivity contribution in [3.63, 3.8) is 0 Å². The molecule has 1 amide bonds. The topological polar surface area (TPSA) is 54.5 Å². The van der Waals surface area contributed by atoms with E-state index >= 15 is 0 Å². The van der Waals surface area contributed by atoms with Gasteiger partial charge in [-0.25, -0.2) is 8.42 Å². The van der Waals surface area contributed by atoms with Crippen LogP contribution in [0, 0.1) is 11.3 Å². The molecule has 0 unspecified atom stereocenters. The average Bonchev–Trinajstić information content (AvgIpc) is 2.61. The molecule has 3 aliphatic rings. The van der Waals surface area contributed by atoms with Crippen molar-refractivity contribution >= 4 is 15.7 Å². The van der Waals surface area contributed by atoms with Crippen molar-refractivity contribution in [3.8, 4) is 0 Å². The van der Waals surface area contributed by atoms with Gasteiger partial charge >= 0.3 is 0 Å². The summed E-state index contributed by atoms with van der Waals surface area (Å²) >= 11 is 0. The van der Waals surface area contributed by atoms with Crippen molar-refractivity contribution in [2.24, 2.45) is 11.3 Å². The molecule has 2 saturated heterocycles. The van der Waals surface area contributed by atoms with Crippen molar-refractivity contribution in [1.29, 1.82) is 0 Å². The van der Waals surface area contributed by atoms with E-state index < -0.39 is 9.84 Å². The zero-order chi connectivity index (χ0) is 17.5. The van der Waals surface area contributed by atoms with Crippen LogP contribution >= 0.6 is 0 Å². The predicted octanol–water partition coefficient (Wildman–Crippen LogP) is 3.35. The molecule has 0 aromatic heterocycles. The fourth-order valence-corrected chi connectivity index (χ4v) is 6.66. The molecular weight excluding hydrogens is 334 g/mol. The molecule has 1 aliphatic carbocycles. The molecule has 1 aromatic rings. The number of rotatable bonds is 2. The number of hydrogen-bond donors (Lipinski definition) is 0. The van der Waals surface area contributed by atoms with Crippen LogP contribution in [0.15, 0.2) is 30.3 Å². The van der Waals surface area contributed by atoms with E-state index in [0.717, 1.165) is 6.54 Å². The molecule has 1 saturated carbocycles. The third-order valence-corrected chi connectivity index (χ3v) is 8.24. The van der Waals surface area contributed by atoms with Gasteiger partial charge in [-0.2, -0.15) is 0 Å². The van der Waals surface area contributed by atoms with Crippen LogP contribution in [0.3, 0.4) is 0 Å². The Labute approximate surface area is 150 Å². The fraction of sp³-hybridized carbons (Fsp3) is 0.650. The molecule has 0 bridgehead atoms. The summed E-state index contributed by atoms with van der Waals surface area (Å²) in [6.07, 6.45) is 7.21. The normalized spacial score (nSPS) is 28.5. The van der Waals surface area contributed by atoms with E-state index in [4.69, 9.17) is 0 Å². The van der Waals surface area contributed by atoms with Crippen LogP contribution in [-0.4, -0.2) is 37.3 Å². The molecule has 2 heterocycles. The second kappa shape index (κ2) is 6.42. The first-order chi connectivity index (χ1) is 12.0. The standard InChI is InChI=1S/C20H27NO3S/c22-19(17-9-13-25(23,24)14-10-17)21-15-20(11-5-2-6-12-20)18(21)16-7-3-1-4-8-16/h1,3-4,7-8,17-18H,2,5-6,9-15H2/t18-/m1/s1. The predicted molar refractivity (Wildman–Crippen MR) is 97.8 cm³/mol. The summed E-state index contributed by atoms with van der Waals surface area (Å²) in [6.45, 7) is 0.856. The summed E-state index contributed by atoms with van der Waals surface area (Å²) < 4.78 is 23.4. The van der Waals surface area contributed by atoms with Crippen molar-refractivity contribution in [2.75, 3.05) is 18.1 Å². The summed E-state index contributed by atoms with van der Waals surface area (Å²) in [5.41, 5.74) is 1.49. The maximum absolute atomic E-state index is 13.1. The molecular formula is C20H27NO3S. The second-order valence-corrected chi connectivity index (χ2v) is 10.4. The molecule has 136 valence electrons. The van der Waals surface area contributed by atoms with Crippen molar-refractivity contribution in [1.82, 2.24) is 4.90 Å². The van der Waals surface area contributed by atoms with E-state index in [1.807, 2.05) is 6.07 Å². The van der Waals surface area contributed by atoms with Gasteiger partial charge in [-0.05, 0) is 31.2 Å². The summed E-state index contributed by atoms with van der Waals surface area (Å²) in [5.74, 6) is 0.396. The second-order valence-electron chi connectivity index (χ2n) is 8.13. The van der Waals surface area contributed by atoms with Crippen LogP contribution in [-0.2, 0) is 14.6 Å². The summed E-state index contributed by atoms with van der Waals surface area (Å²) in [5, 5.41) is 0. The van der Waals surface area contributed by atoms with Crippen LogP contribution in [0.4, 0.5) is 0 Å². The lowest BCUT2D eigenvalue weighted by Crippen LogP contribution is -2.62. The largest absolute Gasteiger partial charge is 0.334 e. The Morgan fingerprint density at radius 1 is 1.00 bits per heavy atom. The van der Waals surface area contributed by atoms with Gasteiger partial charge in [0, 0.05) is 17.9 Å². The maximum atomic E-state index is 13.1. The first kappa shape index (κ1) is 17.1. The van der Waals surface area contributed by atoms with Gasteiger partial charge in [0.1, 0.15) is 9.84 Å². The Morgan fingerprint density at radius 3 is 2.28 bits per heavy atom. The van der Waals surface area contributed by atoms with Gasteiger partial charge in [-0.3, -0.25) is 4.79 Å². The highest BCUT2D eigenvalue weighted by atomic mass is 32.2. The van der Waals surface area contributed by atoms with E-state index in [1.54, 1.807) is 0 Å². The van der Waals surface area contributed by atoms with Gasteiger partial charge < -0.3 is 4.90 Å². The first-order valence-electron chi connectivity index (χ1n) is 9.57. The minimum Gasteiger partial charge on any atom is -0.334 e. The zero-order valence-corrected chi connectivity index (χ0v) is 15.5. The highest BCUT2D eigenvalue weighted by molar-refractivity contribution is 7.91. The Bertz CT molecular complexity index is 723. The highest BCUT2D eigenvalue weighted by Gasteiger charge is 2.55.